The van der Waals surface area contributed by atoms with Crippen molar-refractivity contribution in [1.82, 2.24) is 9.78 Å². The number of nitrogens with one attached hydrogen (secondary N) is 2. The van der Waals surface area contributed by atoms with Gasteiger partial charge in [0.2, 0.25) is 5.60 Å². The van der Waals surface area contributed by atoms with Crippen molar-refractivity contribution in [2.45, 2.75) is 24.4 Å². The molecule has 2 aromatic carbocycles. The standard InChI is InChI=1S/C22H18BrF4N5O3/c23-19-18(9-29)31-32(10-16(34)11-33)20(19)21(35,22(25,26)27)13-1-6-17(12(7-13)8-28)30-15-4-2-14(24)3-5-15/h1-8,16,28,30,33-35H,10-11H2. The first-order valence-corrected chi connectivity index (χ1v) is 10.7. The van der Waals surface area contributed by atoms with Gasteiger partial charge in [0.15, 0.2) is 5.69 Å². The monoisotopic (exact) mass is 555 g/mol. The van der Waals surface area contributed by atoms with Crippen molar-refractivity contribution < 1.29 is 32.9 Å². The number of nitrogens with zero attached hydrogens (tertiary/aromatic N) is 3. The molecule has 1 heterocycles. The first kappa shape index (κ1) is 26.3. The van der Waals surface area contributed by atoms with Crippen molar-refractivity contribution in [3.8, 4) is 6.07 Å². The summed E-state index contributed by atoms with van der Waals surface area (Å²) in [5, 5.41) is 53.6. The Morgan fingerprint density at radius 3 is 2.43 bits per heavy atom. The van der Waals surface area contributed by atoms with Gasteiger partial charge in [-0.05, 0) is 57.9 Å². The van der Waals surface area contributed by atoms with E-state index < -0.39 is 58.3 Å². The van der Waals surface area contributed by atoms with Gasteiger partial charge in [0.25, 0.3) is 0 Å². The van der Waals surface area contributed by atoms with Crippen LogP contribution in [-0.4, -0.2) is 50.2 Å². The fraction of sp³-hybridized carbons (Fsp3) is 0.227. The molecule has 35 heavy (non-hydrogen) atoms. The van der Waals surface area contributed by atoms with Crippen LogP contribution in [0.4, 0.5) is 28.9 Å². The average Bonchev–Trinajstić information content (AvgIpc) is 3.14. The molecule has 5 N–H and O–H groups in total. The maximum absolute atomic E-state index is 14.5. The van der Waals surface area contributed by atoms with Crippen molar-refractivity contribution >= 4 is 33.5 Å². The van der Waals surface area contributed by atoms with Gasteiger partial charge in [-0.25, -0.2) is 4.39 Å². The van der Waals surface area contributed by atoms with Crippen LogP contribution in [0.2, 0.25) is 0 Å². The molecule has 0 saturated carbocycles. The smallest absolute Gasteiger partial charge is 0.394 e. The van der Waals surface area contributed by atoms with Gasteiger partial charge in [-0.1, -0.05) is 6.07 Å². The molecule has 13 heteroatoms. The lowest BCUT2D eigenvalue weighted by Crippen LogP contribution is -2.46. The number of anilines is 2. The quantitative estimate of drug-likeness (QED) is 0.213. The Balaban J connectivity index is 2.19. The number of hydrogen-bond donors (Lipinski definition) is 5. The van der Waals surface area contributed by atoms with Crippen LogP contribution < -0.4 is 5.32 Å². The third-order valence-corrected chi connectivity index (χ3v) is 5.85. The highest BCUT2D eigenvalue weighted by atomic mass is 79.9. The number of rotatable bonds is 8. The van der Waals surface area contributed by atoms with Crippen LogP contribution in [-0.2, 0) is 12.1 Å². The van der Waals surface area contributed by atoms with E-state index in [-0.39, 0.29) is 11.3 Å². The zero-order valence-corrected chi connectivity index (χ0v) is 19.3. The van der Waals surface area contributed by atoms with Crippen LogP contribution in [0.3, 0.4) is 0 Å². The van der Waals surface area contributed by atoms with Crippen LogP contribution in [0.15, 0.2) is 46.9 Å². The van der Waals surface area contributed by atoms with Crippen molar-refractivity contribution in [3.05, 3.63) is 75.3 Å². The average molecular weight is 556 g/mol. The molecule has 0 amide bonds. The van der Waals surface area contributed by atoms with Crippen molar-refractivity contribution in [3.63, 3.8) is 0 Å². The summed E-state index contributed by atoms with van der Waals surface area (Å²) < 4.78 is 56.7. The first-order valence-electron chi connectivity index (χ1n) is 9.88. The van der Waals surface area contributed by atoms with Crippen LogP contribution in [0.25, 0.3) is 0 Å². The summed E-state index contributed by atoms with van der Waals surface area (Å²) >= 11 is 2.90. The van der Waals surface area contributed by atoms with E-state index in [1.54, 1.807) is 6.07 Å². The zero-order chi connectivity index (χ0) is 26.0. The topological polar surface area (TPSA) is 138 Å². The normalized spacial score (nSPS) is 14.1. The predicted molar refractivity (Wildman–Crippen MR) is 121 cm³/mol. The van der Waals surface area contributed by atoms with Gasteiger partial charge < -0.3 is 26.0 Å². The van der Waals surface area contributed by atoms with Crippen molar-refractivity contribution in [2.75, 3.05) is 11.9 Å². The molecule has 3 aromatic rings. The van der Waals surface area contributed by atoms with Gasteiger partial charge in [0.05, 0.1) is 29.4 Å². The van der Waals surface area contributed by atoms with Gasteiger partial charge in [-0.2, -0.15) is 23.5 Å². The minimum Gasteiger partial charge on any atom is -0.394 e. The molecule has 3 rings (SSSR count). The van der Waals surface area contributed by atoms with E-state index in [2.05, 4.69) is 26.3 Å². The summed E-state index contributed by atoms with van der Waals surface area (Å²) in [5.74, 6) is -0.487. The molecule has 0 aliphatic rings. The lowest BCUT2D eigenvalue weighted by Gasteiger charge is -2.32. The second kappa shape index (κ2) is 10.1. The van der Waals surface area contributed by atoms with Crippen LogP contribution in [0.5, 0.6) is 0 Å². The number of halogens is 5. The number of aliphatic hydroxyl groups is 3. The summed E-state index contributed by atoms with van der Waals surface area (Å²) in [5.41, 5.74) is -5.20. The molecule has 0 aliphatic carbocycles. The van der Waals surface area contributed by atoms with E-state index in [1.807, 2.05) is 0 Å². The second-order valence-electron chi connectivity index (χ2n) is 7.43. The molecule has 184 valence electrons. The van der Waals surface area contributed by atoms with Gasteiger partial charge >= 0.3 is 6.18 Å². The number of benzene rings is 2. The lowest BCUT2D eigenvalue weighted by atomic mass is 9.87. The van der Waals surface area contributed by atoms with E-state index >= 15 is 0 Å². The van der Waals surface area contributed by atoms with Crippen molar-refractivity contribution in [2.24, 2.45) is 0 Å². The minimum absolute atomic E-state index is 0.0346. The van der Waals surface area contributed by atoms with E-state index in [0.717, 1.165) is 18.3 Å². The number of aromatic nitrogens is 2. The fourth-order valence-electron chi connectivity index (χ4n) is 3.39. The molecule has 1 aromatic heterocycles. The van der Waals surface area contributed by atoms with Crippen molar-refractivity contribution in [1.29, 1.82) is 10.7 Å². The summed E-state index contributed by atoms with van der Waals surface area (Å²) in [6, 6.07) is 9.88. The predicted octanol–water partition coefficient (Wildman–Crippen LogP) is 3.55. The Morgan fingerprint density at radius 1 is 1.23 bits per heavy atom. The van der Waals surface area contributed by atoms with Crippen LogP contribution in [0.1, 0.15) is 22.5 Å². The van der Waals surface area contributed by atoms with E-state index in [0.29, 0.717) is 10.4 Å². The Kier molecular flexibility index (Phi) is 7.61. The maximum Gasteiger partial charge on any atom is 0.427 e. The molecule has 0 saturated heterocycles. The Morgan fingerprint density at radius 2 is 1.89 bits per heavy atom. The van der Waals surface area contributed by atoms with Gasteiger partial charge in [0, 0.05) is 23.2 Å². The van der Waals surface area contributed by atoms with E-state index in [9.17, 15) is 33.0 Å². The van der Waals surface area contributed by atoms with Gasteiger partial charge in [-0.15, -0.1) is 0 Å². The molecular formula is C22H18BrF4N5O3. The highest BCUT2D eigenvalue weighted by Gasteiger charge is 2.59. The minimum atomic E-state index is -5.34. The zero-order valence-electron chi connectivity index (χ0n) is 17.7. The molecule has 0 fully saturated rings. The fourth-order valence-corrected chi connectivity index (χ4v) is 4.05. The highest BCUT2D eigenvalue weighted by Crippen LogP contribution is 2.48. The van der Waals surface area contributed by atoms with E-state index in [4.69, 9.17) is 10.5 Å². The first-order chi connectivity index (χ1) is 16.5. The molecule has 0 aliphatic heterocycles. The molecule has 0 radical (unpaired) electrons. The summed E-state index contributed by atoms with van der Waals surface area (Å²) in [7, 11) is 0. The van der Waals surface area contributed by atoms with E-state index in [1.165, 1.54) is 30.3 Å². The Bertz CT molecular complexity index is 1270. The number of alkyl halides is 3. The largest absolute Gasteiger partial charge is 0.427 e. The number of hydrogen-bond acceptors (Lipinski definition) is 7. The molecule has 8 nitrogen and oxygen atoms in total. The summed E-state index contributed by atoms with van der Waals surface area (Å²) in [6.07, 6.45) is -6.09. The summed E-state index contributed by atoms with van der Waals surface area (Å²) in [6.45, 7) is -1.45. The van der Waals surface area contributed by atoms with Crippen LogP contribution >= 0.6 is 15.9 Å². The molecular weight excluding hydrogens is 538 g/mol. The van der Waals surface area contributed by atoms with Crippen LogP contribution in [0, 0.1) is 22.6 Å². The molecule has 2 unspecified atom stereocenters. The number of nitriles is 1. The molecule has 2 atom stereocenters. The second-order valence-corrected chi connectivity index (χ2v) is 8.22. The molecule has 0 spiro atoms. The Labute approximate surface area is 204 Å². The third kappa shape index (κ3) is 5.06. The molecule has 0 bridgehead atoms. The van der Waals surface area contributed by atoms with Gasteiger partial charge in [0.1, 0.15) is 11.9 Å². The Hall–Kier alpha value is -3.31. The summed E-state index contributed by atoms with van der Waals surface area (Å²) in [4.78, 5) is 0. The lowest BCUT2D eigenvalue weighted by molar-refractivity contribution is -0.251. The van der Waals surface area contributed by atoms with Gasteiger partial charge in [-0.3, -0.25) is 4.68 Å². The third-order valence-electron chi connectivity index (χ3n) is 5.10. The number of aliphatic hydroxyl groups excluding tert-OH is 2. The highest BCUT2D eigenvalue weighted by molar-refractivity contribution is 9.10. The SMILES string of the molecule is N#Cc1nn(CC(O)CO)c(C(O)(c2ccc(Nc3ccc(F)cc3)c(C=N)c2)C(F)(F)F)c1Br. The maximum atomic E-state index is 14.5.